The van der Waals surface area contributed by atoms with Crippen LogP contribution in [0.15, 0.2) is 53.3 Å². The standard InChI is InChI=1S/C12H11N3O2/c1-17-12(16)11(14-15-13)9-5-8-10-6-3-2-4-7-10/h2-9H,1H3/b8-5-,11-9+. The van der Waals surface area contributed by atoms with Gasteiger partial charge in [0.2, 0.25) is 0 Å². The highest BCUT2D eigenvalue weighted by Crippen LogP contribution is 2.04. The number of esters is 1. The molecule has 1 aromatic carbocycles. The fraction of sp³-hybridized carbons (Fsp3) is 0.0833. The second kappa shape index (κ2) is 6.87. The highest BCUT2D eigenvalue weighted by Gasteiger charge is 2.04. The highest BCUT2D eigenvalue weighted by atomic mass is 16.5. The van der Waals surface area contributed by atoms with Gasteiger partial charge in [-0.25, -0.2) is 4.79 Å². The van der Waals surface area contributed by atoms with E-state index in [1.807, 2.05) is 30.3 Å². The van der Waals surface area contributed by atoms with Crippen LogP contribution in [0.4, 0.5) is 0 Å². The van der Waals surface area contributed by atoms with Gasteiger partial charge in [-0.05, 0) is 17.2 Å². The van der Waals surface area contributed by atoms with Crippen molar-refractivity contribution in [3.05, 3.63) is 64.2 Å². The Balaban J connectivity index is 2.83. The van der Waals surface area contributed by atoms with Crippen LogP contribution in [0, 0.1) is 0 Å². The maximum absolute atomic E-state index is 11.2. The molecule has 1 rings (SSSR count). The average Bonchev–Trinajstić information content (AvgIpc) is 2.38. The average molecular weight is 229 g/mol. The molecule has 0 aromatic heterocycles. The molecule has 0 unspecified atom stereocenters. The van der Waals surface area contributed by atoms with E-state index in [1.165, 1.54) is 13.2 Å². The second-order valence-electron chi connectivity index (χ2n) is 3.00. The lowest BCUT2D eigenvalue weighted by Gasteiger charge is -1.95. The third kappa shape index (κ3) is 4.24. The van der Waals surface area contributed by atoms with Crippen molar-refractivity contribution < 1.29 is 9.53 Å². The minimum atomic E-state index is -0.666. The minimum absolute atomic E-state index is 0.0813. The summed E-state index contributed by atoms with van der Waals surface area (Å²) in [4.78, 5) is 13.7. The maximum atomic E-state index is 11.2. The number of carbonyl (C=O) groups excluding carboxylic acids is 1. The first-order valence-corrected chi connectivity index (χ1v) is 4.84. The number of carbonyl (C=O) groups is 1. The first-order chi connectivity index (χ1) is 8.27. The summed E-state index contributed by atoms with van der Waals surface area (Å²) in [6.45, 7) is 0. The molecule has 17 heavy (non-hydrogen) atoms. The van der Waals surface area contributed by atoms with Gasteiger partial charge < -0.3 is 4.74 Å². The Morgan fingerprint density at radius 3 is 2.71 bits per heavy atom. The van der Waals surface area contributed by atoms with Crippen molar-refractivity contribution in [2.24, 2.45) is 5.11 Å². The highest BCUT2D eigenvalue weighted by molar-refractivity contribution is 5.88. The molecule has 0 radical (unpaired) electrons. The van der Waals surface area contributed by atoms with Crippen LogP contribution in [0.2, 0.25) is 0 Å². The number of benzene rings is 1. The number of rotatable bonds is 4. The van der Waals surface area contributed by atoms with Crippen molar-refractivity contribution in [1.29, 1.82) is 0 Å². The number of ether oxygens (including phenoxy) is 1. The molecule has 0 bridgehead atoms. The van der Waals surface area contributed by atoms with Crippen molar-refractivity contribution in [2.75, 3.05) is 7.11 Å². The van der Waals surface area contributed by atoms with Gasteiger partial charge in [-0.3, -0.25) is 0 Å². The molecule has 0 saturated carbocycles. The van der Waals surface area contributed by atoms with Gasteiger partial charge in [-0.15, -0.1) is 0 Å². The van der Waals surface area contributed by atoms with Crippen LogP contribution in [0.1, 0.15) is 5.56 Å². The van der Waals surface area contributed by atoms with E-state index >= 15 is 0 Å². The Morgan fingerprint density at radius 2 is 2.12 bits per heavy atom. The molecule has 1 aromatic rings. The predicted molar refractivity (Wildman–Crippen MR) is 64.7 cm³/mol. The summed E-state index contributed by atoms with van der Waals surface area (Å²) in [5.41, 5.74) is 9.18. The van der Waals surface area contributed by atoms with Gasteiger partial charge in [0.1, 0.15) is 5.70 Å². The fourth-order valence-electron chi connectivity index (χ4n) is 1.11. The third-order valence-electron chi connectivity index (χ3n) is 1.89. The van der Waals surface area contributed by atoms with E-state index in [4.69, 9.17) is 5.53 Å². The number of allylic oxidation sites excluding steroid dienone is 2. The molecule has 86 valence electrons. The summed E-state index contributed by atoms with van der Waals surface area (Å²) in [7, 11) is 1.23. The summed E-state index contributed by atoms with van der Waals surface area (Å²) in [6, 6.07) is 9.54. The van der Waals surface area contributed by atoms with E-state index in [0.717, 1.165) is 5.56 Å². The van der Waals surface area contributed by atoms with E-state index in [2.05, 4.69) is 14.8 Å². The zero-order valence-electron chi connectivity index (χ0n) is 9.28. The molecule has 0 saturated heterocycles. The first-order valence-electron chi connectivity index (χ1n) is 4.84. The molecule has 5 heteroatoms. The van der Waals surface area contributed by atoms with Gasteiger partial charge >= 0.3 is 5.97 Å². The molecule has 0 spiro atoms. The predicted octanol–water partition coefficient (Wildman–Crippen LogP) is 3.07. The van der Waals surface area contributed by atoms with Crippen LogP contribution in [-0.4, -0.2) is 13.1 Å². The maximum Gasteiger partial charge on any atom is 0.340 e. The van der Waals surface area contributed by atoms with Crippen molar-refractivity contribution in [1.82, 2.24) is 0 Å². The van der Waals surface area contributed by atoms with Crippen LogP contribution in [0.25, 0.3) is 16.5 Å². The van der Waals surface area contributed by atoms with Crippen LogP contribution in [0.5, 0.6) is 0 Å². The van der Waals surface area contributed by atoms with E-state index < -0.39 is 5.97 Å². The van der Waals surface area contributed by atoms with Crippen LogP contribution >= 0.6 is 0 Å². The smallest absolute Gasteiger partial charge is 0.340 e. The molecule has 0 fully saturated rings. The molecule has 0 atom stereocenters. The lowest BCUT2D eigenvalue weighted by molar-refractivity contribution is -0.136. The zero-order chi connectivity index (χ0) is 12.5. The minimum Gasteiger partial charge on any atom is -0.466 e. The molecule has 0 N–H and O–H groups in total. The van der Waals surface area contributed by atoms with Gasteiger partial charge in [0.25, 0.3) is 0 Å². The van der Waals surface area contributed by atoms with Crippen LogP contribution in [-0.2, 0) is 9.53 Å². The number of methoxy groups -OCH3 is 1. The monoisotopic (exact) mass is 229 g/mol. The molecule has 5 nitrogen and oxygen atoms in total. The van der Waals surface area contributed by atoms with Gasteiger partial charge in [-0.1, -0.05) is 47.6 Å². The Morgan fingerprint density at radius 1 is 1.41 bits per heavy atom. The van der Waals surface area contributed by atoms with Crippen molar-refractivity contribution in [3.8, 4) is 0 Å². The van der Waals surface area contributed by atoms with Crippen LogP contribution < -0.4 is 0 Å². The molecule has 0 aliphatic rings. The SMILES string of the molecule is COC(=O)/C(=C\C=C/c1ccccc1)N=[N+]=[N-]. The van der Waals surface area contributed by atoms with Gasteiger partial charge in [-0.2, -0.15) is 0 Å². The van der Waals surface area contributed by atoms with E-state index in [9.17, 15) is 4.79 Å². The van der Waals surface area contributed by atoms with Crippen molar-refractivity contribution in [2.45, 2.75) is 0 Å². The van der Waals surface area contributed by atoms with Gasteiger partial charge in [0.05, 0.1) is 7.11 Å². The number of hydrogen-bond acceptors (Lipinski definition) is 3. The lowest BCUT2D eigenvalue weighted by atomic mass is 10.2. The van der Waals surface area contributed by atoms with E-state index in [-0.39, 0.29) is 5.70 Å². The molecule has 0 heterocycles. The van der Waals surface area contributed by atoms with E-state index in [1.54, 1.807) is 12.2 Å². The summed E-state index contributed by atoms with van der Waals surface area (Å²) < 4.78 is 4.46. The number of hydrogen-bond donors (Lipinski definition) is 0. The largest absolute Gasteiger partial charge is 0.466 e. The zero-order valence-corrected chi connectivity index (χ0v) is 9.28. The Labute approximate surface area is 98.7 Å². The van der Waals surface area contributed by atoms with Crippen molar-refractivity contribution >= 4 is 12.0 Å². The number of nitrogens with zero attached hydrogens (tertiary/aromatic N) is 3. The Bertz CT molecular complexity index is 486. The molecule has 0 amide bonds. The quantitative estimate of drug-likeness (QED) is 0.199. The van der Waals surface area contributed by atoms with E-state index in [0.29, 0.717) is 0 Å². The molecule has 0 aliphatic carbocycles. The normalized spacial score (nSPS) is 11.0. The Kier molecular flexibility index (Phi) is 5.07. The Hall–Kier alpha value is -2.52. The molecular formula is C12H11N3O2. The fourth-order valence-corrected chi connectivity index (χ4v) is 1.11. The second-order valence-corrected chi connectivity index (χ2v) is 3.00. The summed E-state index contributed by atoms with van der Waals surface area (Å²) in [5, 5.41) is 3.24. The van der Waals surface area contributed by atoms with Gasteiger partial charge in [0.15, 0.2) is 0 Å². The topological polar surface area (TPSA) is 75.1 Å². The van der Waals surface area contributed by atoms with Gasteiger partial charge in [0, 0.05) is 4.91 Å². The third-order valence-corrected chi connectivity index (χ3v) is 1.89. The molecule has 0 aliphatic heterocycles. The van der Waals surface area contributed by atoms with Crippen molar-refractivity contribution in [3.63, 3.8) is 0 Å². The number of azide groups is 1. The van der Waals surface area contributed by atoms with Crippen LogP contribution in [0.3, 0.4) is 0 Å². The summed E-state index contributed by atoms with van der Waals surface area (Å²) in [5.74, 6) is -0.666. The molecular weight excluding hydrogens is 218 g/mol. The summed E-state index contributed by atoms with van der Waals surface area (Å²) >= 11 is 0. The lowest BCUT2D eigenvalue weighted by Crippen LogP contribution is -2.01. The first kappa shape index (κ1) is 12.5. The summed E-state index contributed by atoms with van der Waals surface area (Å²) in [6.07, 6.45) is 4.81.